The highest BCUT2D eigenvalue weighted by atomic mass is 35.5. The highest BCUT2D eigenvalue weighted by molar-refractivity contribution is 6.29. The fourth-order valence-electron chi connectivity index (χ4n) is 2.19. The summed E-state index contributed by atoms with van der Waals surface area (Å²) in [4.78, 5) is 0. The van der Waals surface area contributed by atoms with E-state index in [-0.39, 0.29) is 0 Å². The minimum absolute atomic E-state index is 0.440. The first-order valence-electron chi connectivity index (χ1n) is 5.79. The summed E-state index contributed by atoms with van der Waals surface area (Å²) >= 11 is 6.19. The smallest absolute Gasteiger partial charge is 0.109 e. The predicted octanol–water partition coefficient (Wildman–Crippen LogP) is 3.54. The molecule has 1 aromatic heterocycles. The lowest BCUT2D eigenvalue weighted by Gasteiger charge is -2.22. The van der Waals surface area contributed by atoms with Gasteiger partial charge in [0.05, 0.1) is 0 Å². The van der Waals surface area contributed by atoms with Gasteiger partial charge in [-0.3, -0.25) is 0 Å². The molecule has 1 aliphatic heterocycles. The topological polar surface area (TPSA) is 17.0 Å². The maximum atomic E-state index is 6.19. The molecular formula is C12H19ClN2. The van der Waals surface area contributed by atoms with E-state index in [1.165, 1.54) is 24.8 Å². The van der Waals surface area contributed by atoms with E-state index < -0.39 is 0 Å². The number of nitrogens with one attached hydrogen (secondary N) is 1. The van der Waals surface area contributed by atoms with Crippen LogP contribution < -0.4 is 5.32 Å². The van der Waals surface area contributed by atoms with Crippen molar-refractivity contribution in [1.29, 1.82) is 0 Å². The van der Waals surface area contributed by atoms with Crippen LogP contribution >= 0.6 is 11.6 Å². The molecular weight excluding hydrogens is 208 g/mol. The summed E-state index contributed by atoms with van der Waals surface area (Å²) in [6.07, 6.45) is 6.05. The Bertz CT molecular complexity index is 324. The average Bonchev–Trinajstić information content (AvgIpc) is 2.62. The number of nitrogens with zero attached hydrogens (tertiary/aromatic N) is 1. The molecule has 1 saturated heterocycles. The van der Waals surface area contributed by atoms with E-state index in [4.69, 9.17) is 11.6 Å². The lowest BCUT2D eigenvalue weighted by molar-refractivity contribution is 0.411. The van der Waals surface area contributed by atoms with E-state index in [1.54, 1.807) is 0 Å². The minimum atomic E-state index is 0.440. The lowest BCUT2D eigenvalue weighted by Crippen LogP contribution is -2.26. The number of aromatic nitrogens is 1. The van der Waals surface area contributed by atoms with Crippen LogP contribution in [0.5, 0.6) is 0 Å². The molecule has 3 heteroatoms. The van der Waals surface area contributed by atoms with Crippen molar-refractivity contribution in [2.75, 3.05) is 6.54 Å². The summed E-state index contributed by atoms with van der Waals surface area (Å²) in [6, 6.07) is 3.05. The van der Waals surface area contributed by atoms with Crippen molar-refractivity contribution in [3.05, 3.63) is 23.0 Å². The summed E-state index contributed by atoms with van der Waals surface area (Å²) < 4.78 is 2.13. The summed E-state index contributed by atoms with van der Waals surface area (Å²) in [5.74, 6) is 0. The molecule has 0 bridgehead atoms. The molecule has 0 aromatic carbocycles. The van der Waals surface area contributed by atoms with Gasteiger partial charge < -0.3 is 9.88 Å². The molecule has 15 heavy (non-hydrogen) atoms. The van der Waals surface area contributed by atoms with Crippen molar-refractivity contribution in [1.82, 2.24) is 9.88 Å². The van der Waals surface area contributed by atoms with Crippen LogP contribution in [0.2, 0.25) is 5.15 Å². The Morgan fingerprint density at radius 1 is 1.47 bits per heavy atom. The highest BCUT2D eigenvalue weighted by Crippen LogP contribution is 2.28. The molecule has 1 atom stereocenters. The van der Waals surface area contributed by atoms with E-state index in [1.807, 2.05) is 0 Å². The number of hydrogen-bond donors (Lipinski definition) is 1. The van der Waals surface area contributed by atoms with Gasteiger partial charge in [-0.1, -0.05) is 18.0 Å². The number of halogens is 1. The van der Waals surface area contributed by atoms with Crippen LogP contribution in [0.3, 0.4) is 0 Å². The summed E-state index contributed by atoms with van der Waals surface area (Å²) in [7, 11) is 0. The molecule has 84 valence electrons. The van der Waals surface area contributed by atoms with Gasteiger partial charge in [-0.2, -0.15) is 0 Å². The molecule has 0 spiro atoms. The zero-order valence-corrected chi connectivity index (χ0v) is 10.2. The second-order valence-corrected chi connectivity index (χ2v) is 4.99. The van der Waals surface area contributed by atoms with Crippen LogP contribution in [0.15, 0.2) is 12.3 Å². The van der Waals surface area contributed by atoms with Gasteiger partial charge >= 0.3 is 0 Å². The Morgan fingerprint density at radius 3 is 2.80 bits per heavy atom. The van der Waals surface area contributed by atoms with Crippen molar-refractivity contribution in [2.45, 2.75) is 45.2 Å². The van der Waals surface area contributed by atoms with Crippen molar-refractivity contribution in [3.63, 3.8) is 0 Å². The van der Waals surface area contributed by atoms with Crippen molar-refractivity contribution in [2.24, 2.45) is 0 Å². The second-order valence-electron chi connectivity index (χ2n) is 4.60. The Labute approximate surface area is 96.6 Å². The fraction of sp³-hybridized carbons (Fsp3) is 0.667. The van der Waals surface area contributed by atoms with Crippen molar-refractivity contribution >= 4 is 11.6 Å². The minimum Gasteiger partial charge on any atom is -0.336 e. The van der Waals surface area contributed by atoms with Gasteiger partial charge in [0.1, 0.15) is 5.15 Å². The Kier molecular flexibility index (Phi) is 3.37. The zero-order valence-electron chi connectivity index (χ0n) is 9.46. The Hall–Kier alpha value is -0.470. The maximum Gasteiger partial charge on any atom is 0.109 e. The summed E-state index contributed by atoms with van der Waals surface area (Å²) in [5.41, 5.74) is 1.34. The molecule has 1 unspecified atom stereocenters. The van der Waals surface area contributed by atoms with Crippen molar-refractivity contribution < 1.29 is 0 Å². The molecule has 0 aliphatic carbocycles. The molecule has 0 amide bonds. The van der Waals surface area contributed by atoms with Gasteiger partial charge in [-0.05, 0) is 44.9 Å². The fourth-order valence-corrected chi connectivity index (χ4v) is 2.56. The normalized spacial score (nSPS) is 22.3. The van der Waals surface area contributed by atoms with Crippen molar-refractivity contribution in [3.8, 4) is 0 Å². The quantitative estimate of drug-likeness (QED) is 0.817. The Balaban J connectivity index is 2.17. The first-order chi connectivity index (χ1) is 7.18. The molecule has 1 fully saturated rings. The molecule has 0 saturated carbocycles. The number of hydrogen-bond acceptors (Lipinski definition) is 1. The average molecular weight is 227 g/mol. The van der Waals surface area contributed by atoms with Crippen LogP contribution in [-0.2, 0) is 0 Å². The van der Waals surface area contributed by atoms with Crippen LogP contribution in [-0.4, -0.2) is 11.1 Å². The van der Waals surface area contributed by atoms with Crippen LogP contribution in [0.4, 0.5) is 0 Å². The Morgan fingerprint density at radius 2 is 2.27 bits per heavy atom. The predicted molar refractivity (Wildman–Crippen MR) is 64.4 cm³/mol. The van der Waals surface area contributed by atoms with E-state index in [9.17, 15) is 0 Å². The molecule has 1 aromatic rings. The second kappa shape index (κ2) is 4.58. The third kappa shape index (κ3) is 2.37. The SMILES string of the molecule is CC(C)n1cc(C2CCCCN2)cc1Cl. The highest BCUT2D eigenvalue weighted by Gasteiger charge is 2.17. The van der Waals surface area contributed by atoms with E-state index in [0.717, 1.165) is 11.7 Å². The largest absolute Gasteiger partial charge is 0.336 e. The summed E-state index contributed by atoms with van der Waals surface area (Å²) in [6.45, 7) is 5.45. The molecule has 1 aliphatic rings. The standard InChI is InChI=1S/C12H19ClN2/c1-9(2)15-8-10(7-12(15)13)11-5-3-4-6-14-11/h7-9,11,14H,3-6H2,1-2H3. The molecule has 2 heterocycles. The number of rotatable bonds is 2. The van der Waals surface area contributed by atoms with E-state index in [0.29, 0.717) is 12.1 Å². The van der Waals surface area contributed by atoms with Crippen LogP contribution in [0.1, 0.15) is 50.8 Å². The van der Waals surface area contributed by atoms with Gasteiger partial charge in [0.2, 0.25) is 0 Å². The van der Waals surface area contributed by atoms with Crippen LogP contribution in [0, 0.1) is 0 Å². The van der Waals surface area contributed by atoms with E-state index >= 15 is 0 Å². The maximum absolute atomic E-state index is 6.19. The van der Waals surface area contributed by atoms with Gasteiger partial charge in [0.15, 0.2) is 0 Å². The monoisotopic (exact) mass is 226 g/mol. The lowest BCUT2D eigenvalue weighted by atomic mass is 10.00. The molecule has 0 radical (unpaired) electrons. The van der Waals surface area contributed by atoms with Gasteiger partial charge in [0, 0.05) is 18.3 Å². The van der Waals surface area contributed by atoms with Gasteiger partial charge in [-0.15, -0.1) is 0 Å². The van der Waals surface area contributed by atoms with Crippen LogP contribution in [0.25, 0.3) is 0 Å². The molecule has 2 rings (SSSR count). The molecule has 1 N–H and O–H groups in total. The third-order valence-corrected chi connectivity index (χ3v) is 3.39. The molecule has 2 nitrogen and oxygen atoms in total. The van der Waals surface area contributed by atoms with E-state index in [2.05, 4.69) is 36.0 Å². The third-order valence-electron chi connectivity index (χ3n) is 3.09. The van der Waals surface area contributed by atoms with Gasteiger partial charge in [-0.25, -0.2) is 0 Å². The number of piperidine rings is 1. The first-order valence-corrected chi connectivity index (χ1v) is 6.17. The van der Waals surface area contributed by atoms with Gasteiger partial charge in [0.25, 0.3) is 0 Å². The zero-order chi connectivity index (χ0) is 10.8. The summed E-state index contributed by atoms with van der Waals surface area (Å²) in [5, 5.41) is 4.40. The first kappa shape index (κ1) is 11.0.